The highest BCUT2D eigenvalue weighted by Gasteiger charge is 2.24. The number of hydrogen-bond acceptors (Lipinski definition) is 7. The van der Waals surface area contributed by atoms with Crippen molar-refractivity contribution in [3.8, 4) is 0 Å². The Bertz CT molecular complexity index is 774. The maximum Gasteiger partial charge on any atom is 0.305 e. The molecule has 3 N–H and O–H groups in total. The Morgan fingerprint density at radius 1 is 1.21 bits per heavy atom. The molecular weight excluding hydrogens is 456 g/mol. The zero-order valence-electron chi connectivity index (χ0n) is 19.6. The molecule has 1 heterocycles. The molecule has 1 aliphatic rings. The maximum atomic E-state index is 13.1. The van der Waals surface area contributed by atoms with Gasteiger partial charge in [0.05, 0.1) is 31.8 Å². The molecule has 2 rings (SSSR count). The molecule has 0 bridgehead atoms. The lowest BCUT2D eigenvalue weighted by molar-refractivity contribution is -0.145. The van der Waals surface area contributed by atoms with E-state index in [2.05, 4.69) is 10.6 Å². The van der Waals surface area contributed by atoms with Crippen molar-refractivity contribution in [3.05, 3.63) is 48.0 Å². The lowest BCUT2D eigenvalue weighted by Crippen LogP contribution is -2.44. The molecule has 8 nitrogen and oxygen atoms in total. The number of nitrogens with one attached hydrogen (secondary N) is 2. The average molecular weight is 493 g/mol. The summed E-state index contributed by atoms with van der Waals surface area (Å²) in [5, 5.41) is 14.5. The number of aliphatic hydroxyl groups excluding tert-OH is 1. The summed E-state index contributed by atoms with van der Waals surface area (Å²) in [7, 11) is 0. The van der Waals surface area contributed by atoms with Crippen LogP contribution in [-0.4, -0.2) is 67.7 Å². The number of thioether (sulfide) groups is 1. The minimum Gasteiger partial charge on any atom is -0.463 e. The van der Waals surface area contributed by atoms with Gasteiger partial charge in [-0.1, -0.05) is 42.5 Å². The number of amides is 2. The number of hydrogen-bond donors (Lipinski definition) is 3. The quantitative estimate of drug-likeness (QED) is 0.247. The van der Waals surface area contributed by atoms with Gasteiger partial charge in [0, 0.05) is 30.9 Å². The van der Waals surface area contributed by atoms with Crippen LogP contribution in [0.3, 0.4) is 0 Å². The third-order valence-electron chi connectivity index (χ3n) is 5.17. The third-order valence-corrected chi connectivity index (χ3v) is 6.34. The van der Waals surface area contributed by atoms with Gasteiger partial charge in [-0.15, -0.1) is 0 Å². The van der Waals surface area contributed by atoms with Crippen LogP contribution >= 0.6 is 11.8 Å². The predicted molar refractivity (Wildman–Crippen MR) is 132 cm³/mol. The van der Waals surface area contributed by atoms with Crippen molar-refractivity contribution in [2.24, 2.45) is 5.92 Å². The summed E-state index contributed by atoms with van der Waals surface area (Å²) >= 11 is 1.66. The molecule has 1 aromatic rings. The summed E-state index contributed by atoms with van der Waals surface area (Å²) in [6.45, 7) is 0.885. The zero-order chi connectivity index (χ0) is 24.4. The summed E-state index contributed by atoms with van der Waals surface area (Å²) < 4.78 is 10.6. The third kappa shape index (κ3) is 12.2. The normalized spacial score (nSPS) is 19.8. The zero-order valence-corrected chi connectivity index (χ0v) is 20.4. The Morgan fingerprint density at radius 3 is 2.82 bits per heavy atom. The highest BCUT2D eigenvalue weighted by Crippen LogP contribution is 2.16. The van der Waals surface area contributed by atoms with E-state index in [-0.39, 0.29) is 50.1 Å². The second-order valence-corrected chi connectivity index (χ2v) is 9.11. The van der Waals surface area contributed by atoms with Gasteiger partial charge in [0.2, 0.25) is 11.8 Å². The number of ether oxygens (including phenoxy) is 2. The summed E-state index contributed by atoms with van der Waals surface area (Å²) in [5.41, 5.74) is 1.18. The predicted octanol–water partition coefficient (Wildman–Crippen LogP) is 2.21. The molecular formula is C25H36N2O6S. The van der Waals surface area contributed by atoms with E-state index in [1.807, 2.05) is 42.5 Å². The van der Waals surface area contributed by atoms with Gasteiger partial charge in [-0.25, -0.2) is 0 Å². The largest absolute Gasteiger partial charge is 0.463 e. The Labute approximate surface area is 205 Å². The summed E-state index contributed by atoms with van der Waals surface area (Å²) in [4.78, 5) is 37.5. The number of benzene rings is 1. The van der Waals surface area contributed by atoms with Crippen LogP contribution in [-0.2, 0) is 29.6 Å². The molecule has 0 aromatic heterocycles. The fraction of sp³-hybridized carbons (Fsp3) is 0.560. The van der Waals surface area contributed by atoms with E-state index in [1.165, 1.54) is 5.56 Å². The van der Waals surface area contributed by atoms with Gasteiger partial charge in [-0.05, 0) is 24.8 Å². The molecule has 0 aliphatic carbocycles. The number of cyclic esters (lactones) is 1. The molecule has 1 aliphatic heterocycles. The summed E-state index contributed by atoms with van der Waals surface area (Å²) in [5.74, 6) is 0.134. The van der Waals surface area contributed by atoms with Crippen molar-refractivity contribution in [2.45, 2.75) is 43.9 Å². The van der Waals surface area contributed by atoms with Gasteiger partial charge in [0.25, 0.3) is 0 Å². The Kier molecular flexibility index (Phi) is 14.0. The first kappa shape index (κ1) is 27.9. The molecule has 0 saturated carbocycles. The molecule has 0 spiro atoms. The Balaban J connectivity index is 1.94. The lowest BCUT2D eigenvalue weighted by Gasteiger charge is -2.22. The molecule has 9 heteroatoms. The monoisotopic (exact) mass is 492 g/mol. The van der Waals surface area contributed by atoms with Crippen LogP contribution < -0.4 is 10.6 Å². The minimum absolute atomic E-state index is 0.0554. The van der Waals surface area contributed by atoms with Gasteiger partial charge in [0.15, 0.2) is 0 Å². The molecule has 34 heavy (non-hydrogen) atoms. The van der Waals surface area contributed by atoms with Crippen LogP contribution in [0.15, 0.2) is 42.5 Å². The number of esters is 1. The first-order valence-corrected chi connectivity index (χ1v) is 12.9. The van der Waals surface area contributed by atoms with E-state index in [9.17, 15) is 14.4 Å². The highest BCUT2D eigenvalue weighted by molar-refractivity contribution is 7.98. The smallest absolute Gasteiger partial charge is 0.305 e. The Morgan fingerprint density at radius 2 is 2.03 bits per heavy atom. The second-order valence-electron chi connectivity index (χ2n) is 8.08. The van der Waals surface area contributed by atoms with E-state index in [0.29, 0.717) is 44.6 Å². The van der Waals surface area contributed by atoms with Crippen molar-refractivity contribution in [2.75, 3.05) is 38.7 Å². The van der Waals surface area contributed by atoms with Gasteiger partial charge in [-0.2, -0.15) is 11.8 Å². The van der Waals surface area contributed by atoms with Crippen LogP contribution in [0.2, 0.25) is 0 Å². The highest BCUT2D eigenvalue weighted by atomic mass is 32.2. The molecule has 0 fully saturated rings. The number of allylic oxidation sites excluding steroid dienone is 2. The molecule has 0 saturated heterocycles. The van der Waals surface area contributed by atoms with Gasteiger partial charge in [-0.3, -0.25) is 14.4 Å². The van der Waals surface area contributed by atoms with Gasteiger partial charge < -0.3 is 25.2 Å². The molecule has 2 unspecified atom stereocenters. The van der Waals surface area contributed by atoms with E-state index < -0.39 is 5.92 Å². The number of aliphatic hydroxyl groups is 1. The van der Waals surface area contributed by atoms with E-state index in [1.54, 1.807) is 11.8 Å². The topological polar surface area (TPSA) is 114 Å². The summed E-state index contributed by atoms with van der Waals surface area (Å²) in [6, 6.07) is 9.70. The first-order chi connectivity index (χ1) is 16.6. The van der Waals surface area contributed by atoms with Crippen molar-refractivity contribution in [3.63, 3.8) is 0 Å². The summed E-state index contributed by atoms with van der Waals surface area (Å²) in [6.07, 6.45) is 6.09. The standard InChI is InChI=1S/C25H36N2O6S/c28-13-15-32-14-12-26-23(29)16-21-10-6-1-2-7-11-24(30)33-17-22(27-25(21)31)19-34-18-20-8-4-3-5-9-20/h1,3-6,8-9,21-22,28H,2,7,10-19H2,(H,26,29)(H,27,31). The maximum absolute atomic E-state index is 13.1. The van der Waals surface area contributed by atoms with Crippen molar-refractivity contribution < 1.29 is 29.0 Å². The van der Waals surface area contributed by atoms with Crippen molar-refractivity contribution >= 4 is 29.5 Å². The molecule has 2 amide bonds. The van der Waals surface area contributed by atoms with Crippen molar-refractivity contribution in [1.82, 2.24) is 10.6 Å². The number of rotatable bonds is 11. The van der Waals surface area contributed by atoms with Crippen LogP contribution in [0.1, 0.15) is 37.7 Å². The first-order valence-electron chi connectivity index (χ1n) is 11.8. The minimum atomic E-state index is -0.521. The number of carbonyl (C=O) groups is 3. The molecule has 1 aromatic carbocycles. The van der Waals surface area contributed by atoms with E-state index in [4.69, 9.17) is 14.6 Å². The Hall–Kier alpha value is -2.36. The fourth-order valence-electron chi connectivity index (χ4n) is 3.36. The lowest BCUT2D eigenvalue weighted by atomic mass is 9.98. The average Bonchev–Trinajstić information content (AvgIpc) is 2.84. The van der Waals surface area contributed by atoms with Crippen LogP contribution in [0, 0.1) is 5.92 Å². The van der Waals surface area contributed by atoms with Crippen molar-refractivity contribution in [1.29, 1.82) is 0 Å². The van der Waals surface area contributed by atoms with Gasteiger partial charge >= 0.3 is 5.97 Å². The molecule has 0 radical (unpaired) electrons. The molecule has 188 valence electrons. The SMILES string of the molecule is O=C(CC1CC=CCCCC(=O)OCC(CSCc2ccccc2)NC1=O)NCCOCCO. The second kappa shape index (κ2) is 17.1. The van der Waals surface area contributed by atoms with Crippen LogP contribution in [0.25, 0.3) is 0 Å². The molecule has 2 atom stereocenters. The fourth-order valence-corrected chi connectivity index (χ4v) is 4.37. The van der Waals surface area contributed by atoms with Gasteiger partial charge in [0.1, 0.15) is 6.61 Å². The van der Waals surface area contributed by atoms with E-state index >= 15 is 0 Å². The van der Waals surface area contributed by atoms with Crippen LogP contribution in [0.5, 0.6) is 0 Å². The van der Waals surface area contributed by atoms with Crippen LogP contribution in [0.4, 0.5) is 0 Å². The van der Waals surface area contributed by atoms with E-state index in [0.717, 1.165) is 5.75 Å². The number of carbonyl (C=O) groups excluding carboxylic acids is 3.